The van der Waals surface area contributed by atoms with E-state index in [1.54, 1.807) is 0 Å². The van der Waals surface area contributed by atoms with Gasteiger partial charge in [0.1, 0.15) is 22.2 Å². The van der Waals surface area contributed by atoms with E-state index in [2.05, 4.69) is 37.3 Å². The fourth-order valence-corrected chi connectivity index (χ4v) is 6.91. The number of esters is 2. The third kappa shape index (κ3) is 14.1. The van der Waals surface area contributed by atoms with E-state index in [-0.39, 0.29) is 17.9 Å². The summed E-state index contributed by atoms with van der Waals surface area (Å²) in [4.78, 5) is 30.3. The lowest BCUT2D eigenvalue weighted by atomic mass is 10.1. The van der Waals surface area contributed by atoms with Crippen LogP contribution >= 0.6 is 22.7 Å². The summed E-state index contributed by atoms with van der Waals surface area (Å²) < 4.78 is 17.3. The van der Waals surface area contributed by atoms with Crippen LogP contribution in [0.3, 0.4) is 0 Å². The van der Waals surface area contributed by atoms with E-state index in [1.807, 2.05) is 68.4 Å². The maximum atomic E-state index is 11.7. The molecule has 0 aliphatic heterocycles. The fraction of sp³-hybridized carbons (Fsp3) is 0.500. The Morgan fingerprint density at radius 1 is 0.765 bits per heavy atom. The van der Waals surface area contributed by atoms with Gasteiger partial charge in [-0.25, -0.2) is 4.98 Å². The molecule has 0 saturated heterocycles. The molecule has 13 heteroatoms. The molecule has 274 valence electrons. The smallest absolute Gasteiger partial charge is 0.308 e. The molecule has 1 atom stereocenters. The number of fused-ring (bicyclic) bond motifs is 1. The Bertz CT molecular complexity index is 1660. The van der Waals surface area contributed by atoms with Gasteiger partial charge in [0, 0.05) is 19.2 Å². The van der Waals surface area contributed by atoms with Crippen LogP contribution in [0, 0.1) is 5.92 Å². The van der Waals surface area contributed by atoms with Crippen LogP contribution in [0.2, 0.25) is 0 Å². The Kier molecular flexibility index (Phi) is 17.0. The first-order chi connectivity index (χ1) is 24.8. The summed E-state index contributed by atoms with van der Waals surface area (Å²) in [5, 5.41) is 18.8. The molecule has 51 heavy (non-hydrogen) atoms. The Morgan fingerprint density at radius 3 is 2.02 bits per heavy atom. The molecule has 0 radical (unpaired) electrons. The lowest BCUT2D eigenvalue weighted by Gasteiger charge is -2.22. The van der Waals surface area contributed by atoms with Crippen molar-refractivity contribution in [3.63, 3.8) is 0 Å². The zero-order valence-corrected chi connectivity index (χ0v) is 31.8. The molecule has 4 aromatic rings. The van der Waals surface area contributed by atoms with Crippen molar-refractivity contribution in [2.24, 2.45) is 26.4 Å². The fourth-order valence-electron chi connectivity index (χ4n) is 5.06. The number of thiophene rings is 1. The van der Waals surface area contributed by atoms with Gasteiger partial charge in [-0.1, -0.05) is 75.0 Å². The van der Waals surface area contributed by atoms with Crippen molar-refractivity contribution < 1.29 is 23.8 Å². The van der Waals surface area contributed by atoms with Gasteiger partial charge in [0.25, 0.3) is 0 Å². The van der Waals surface area contributed by atoms with Gasteiger partial charge in [0.15, 0.2) is 0 Å². The molecule has 11 nitrogen and oxygen atoms in total. The number of aromatic nitrogens is 1. The highest BCUT2D eigenvalue weighted by Gasteiger charge is 2.11. The van der Waals surface area contributed by atoms with Gasteiger partial charge >= 0.3 is 11.9 Å². The first-order valence-electron chi connectivity index (χ1n) is 18.0. The second-order valence-electron chi connectivity index (χ2n) is 12.2. The zero-order valence-electron chi connectivity index (χ0n) is 30.2. The molecule has 0 fully saturated rings. The maximum absolute atomic E-state index is 11.7. The minimum absolute atomic E-state index is 0.00445. The van der Waals surface area contributed by atoms with Crippen molar-refractivity contribution in [2.45, 2.75) is 85.5 Å². The number of anilines is 1. The average molecular weight is 735 g/mol. The third-order valence-corrected chi connectivity index (χ3v) is 10.2. The van der Waals surface area contributed by atoms with Gasteiger partial charge in [0.05, 0.1) is 41.8 Å². The number of thiazole rings is 1. The molecule has 0 saturated carbocycles. The molecule has 0 aliphatic rings. The number of unbranched alkanes of at least 4 members (excludes halogenated alkanes) is 7. The lowest BCUT2D eigenvalue weighted by molar-refractivity contribution is -0.148. The predicted octanol–water partition coefficient (Wildman–Crippen LogP) is 11.7. The normalized spacial score (nSPS) is 12.2. The molecule has 0 spiro atoms. The molecular weight excluding hydrogens is 685 g/mol. The van der Waals surface area contributed by atoms with Crippen molar-refractivity contribution in [3.05, 3.63) is 54.6 Å². The van der Waals surface area contributed by atoms with Gasteiger partial charge in [-0.05, 0) is 80.8 Å². The van der Waals surface area contributed by atoms with Crippen LogP contribution in [-0.2, 0) is 19.1 Å². The van der Waals surface area contributed by atoms with Gasteiger partial charge in [-0.15, -0.1) is 20.5 Å². The molecule has 0 aliphatic carbocycles. The number of hydrogen-bond donors (Lipinski definition) is 0. The number of nitrogens with zero attached hydrogens (tertiary/aromatic N) is 6. The highest BCUT2D eigenvalue weighted by Crippen LogP contribution is 2.39. The SMILES string of the molecule is CCC(C)C(=O)OCCCCCCCCCCOc1ccc(N=Nc2cc3sc(N=Nc4ccc(N(CC)CCOC(C)=O)cc4)nc3s2)cc1. The summed E-state index contributed by atoms with van der Waals surface area (Å²) in [7, 11) is 0. The molecule has 0 amide bonds. The number of azo groups is 2. The predicted molar refractivity (Wildman–Crippen MR) is 206 cm³/mol. The van der Waals surface area contributed by atoms with Crippen LogP contribution in [-0.4, -0.2) is 49.8 Å². The molecule has 4 rings (SSSR count). The monoisotopic (exact) mass is 734 g/mol. The Labute approximate surface area is 309 Å². The van der Waals surface area contributed by atoms with E-state index in [9.17, 15) is 9.59 Å². The second-order valence-corrected chi connectivity index (χ2v) is 14.3. The van der Waals surface area contributed by atoms with Crippen LogP contribution in [0.15, 0.2) is 75.1 Å². The summed E-state index contributed by atoms with van der Waals surface area (Å²) in [6.45, 7) is 10.4. The Morgan fingerprint density at radius 2 is 1.39 bits per heavy atom. The summed E-state index contributed by atoms with van der Waals surface area (Å²) in [6.07, 6.45) is 9.95. The lowest BCUT2D eigenvalue weighted by Crippen LogP contribution is -2.27. The first kappa shape index (κ1) is 39.6. The topological polar surface area (TPSA) is 127 Å². The molecule has 1 unspecified atom stereocenters. The van der Waals surface area contributed by atoms with Crippen molar-refractivity contribution in [3.8, 4) is 5.75 Å². The number of carbonyl (C=O) groups is 2. The van der Waals surface area contributed by atoms with Crippen molar-refractivity contribution in [2.75, 3.05) is 37.8 Å². The van der Waals surface area contributed by atoms with Crippen LogP contribution in [0.5, 0.6) is 5.75 Å². The summed E-state index contributed by atoms with van der Waals surface area (Å²) >= 11 is 2.93. The minimum atomic E-state index is -0.273. The molecule has 0 bridgehead atoms. The summed E-state index contributed by atoms with van der Waals surface area (Å²) in [5.74, 6) is 0.496. The van der Waals surface area contributed by atoms with Crippen molar-refractivity contribution in [1.82, 2.24) is 4.98 Å². The maximum Gasteiger partial charge on any atom is 0.308 e. The van der Waals surface area contributed by atoms with Gasteiger partial charge in [-0.2, -0.15) is 0 Å². The molecule has 2 aromatic carbocycles. The minimum Gasteiger partial charge on any atom is -0.494 e. The van der Waals surface area contributed by atoms with Gasteiger partial charge in [0.2, 0.25) is 5.13 Å². The molecular formula is C38H50N6O5S2. The molecule has 0 N–H and O–H groups in total. The first-order valence-corrected chi connectivity index (χ1v) is 19.6. The number of benzene rings is 2. The number of likely N-dealkylation sites (N-methyl/N-ethyl adjacent to an activating group) is 1. The Balaban J connectivity index is 1.10. The van der Waals surface area contributed by atoms with Crippen molar-refractivity contribution >= 4 is 71.3 Å². The van der Waals surface area contributed by atoms with Crippen LogP contribution in [0.25, 0.3) is 9.53 Å². The van der Waals surface area contributed by atoms with Gasteiger partial charge in [-0.3, -0.25) is 9.59 Å². The van der Waals surface area contributed by atoms with Gasteiger partial charge < -0.3 is 19.1 Å². The summed E-state index contributed by atoms with van der Waals surface area (Å²) in [5.41, 5.74) is 2.51. The number of rotatable bonds is 23. The van der Waals surface area contributed by atoms with Crippen LogP contribution in [0.1, 0.15) is 85.5 Å². The number of hydrogen-bond acceptors (Lipinski definition) is 13. The average Bonchev–Trinajstić information content (AvgIpc) is 3.71. The van der Waals surface area contributed by atoms with Crippen LogP contribution in [0.4, 0.5) is 27.2 Å². The summed E-state index contributed by atoms with van der Waals surface area (Å²) in [6, 6.07) is 17.4. The quantitative estimate of drug-likeness (QED) is 0.0421. The highest BCUT2D eigenvalue weighted by atomic mass is 32.1. The standard InChI is InChI=1S/C38H50N6O5S2/c1-5-28(3)37(46)49-25-14-12-10-8-7-9-11-13-24-48-33-21-17-31(18-22-33)40-42-35-27-34-36(51-35)39-38(50-34)43-41-30-15-19-32(20-16-30)44(6-2)23-26-47-29(4)45/h15-22,27-28H,5-14,23-26H2,1-4H3. The van der Waals surface area contributed by atoms with E-state index in [0.717, 1.165) is 76.0 Å². The van der Waals surface area contributed by atoms with E-state index in [1.165, 1.54) is 55.3 Å². The van der Waals surface area contributed by atoms with E-state index in [4.69, 9.17) is 14.2 Å². The van der Waals surface area contributed by atoms with Crippen molar-refractivity contribution in [1.29, 1.82) is 0 Å². The number of carbonyl (C=O) groups excluding carboxylic acids is 2. The van der Waals surface area contributed by atoms with Crippen LogP contribution < -0.4 is 9.64 Å². The Hall–Kier alpha value is -4.23. The van der Waals surface area contributed by atoms with E-state index in [0.29, 0.717) is 31.5 Å². The molecule has 2 aromatic heterocycles. The second kappa shape index (κ2) is 21.9. The number of ether oxygens (including phenoxy) is 3. The molecule has 2 heterocycles. The largest absolute Gasteiger partial charge is 0.494 e. The van der Waals surface area contributed by atoms with E-state index >= 15 is 0 Å². The zero-order chi connectivity index (χ0) is 36.3. The highest BCUT2D eigenvalue weighted by molar-refractivity contribution is 7.30. The third-order valence-electron chi connectivity index (χ3n) is 8.25. The van der Waals surface area contributed by atoms with E-state index < -0.39 is 0 Å².